The average molecular weight is 512 g/mol. The summed E-state index contributed by atoms with van der Waals surface area (Å²) in [7, 11) is 3.67. The fraction of sp³-hybridized carbons (Fsp3) is 0.545. The molecule has 1 aliphatic carbocycles. The van der Waals surface area contributed by atoms with Crippen LogP contribution in [0.15, 0.2) is 39.7 Å². The van der Waals surface area contributed by atoms with Crippen molar-refractivity contribution in [2.75, 3.05) is 27.2 Å². The summed E-state index contributed by atoms with van der Waals surface area (Å²) in [6.07, 6.45) is 4.00. The Labute approximate surface area is 190 Å². The molecule has 1 aromatic carbocycles. The van der Waals surface area contributed by atoms with Gasteiger partial charge in [0, 0.05) is 26.0 Å². The number of fused-ring (bicyclic) bond motifs is 1. The van der Waals surface area contributed by atoms with Crippen LogP contribution in [-0.4, -0.2) is 44.0 Å². The third-order valence-electron chi connectivity index (χ3n) is 5.53. The maximum atomic E-state index is 12.8. The van der Waals surface area contributed by atoms with Crippen molar-refractivity contribution in [1.29, 1.82) is 0 Å². The Morgan fingerprint density at radius 1 is 1.28 bits per heavy atom. The number of furan rings is 1. The minimum absolute atomic E-state index is 0. The van der Waals surface area contributed by atoms with Crippen molar-refractivity contribution in [3.05, 3.63) is 36.1 Å². The van der Waals surface area contributed by atoms with E-state index < -0.39 is 0 Å². The zero-order chi connectivity index (χ0) is 20.1. The quantitative estimate of drug-likeness (QED) is 0.344. The first-order valence-corrected chi connectivity index (χ1v) is 10.2. The molecule has 1 fully saturated rings. The van der Waals surface area contributed by atoms with E-state index in [0.29, 0.717) is 12.5 Å². The summed E-state index contributed by atoms with van der Waals surface area (Å²) in [4.78, 5) is 19.3. The molecule has 2 N–H and O–H groups in total. The number of rotatable bonds is 6. The van der Waals surface area contributed by atoms with Crippen LogP contribution in [0.2, 0.25) is 0 Å². The van der Waals surface area contributed by atoms with Gasteiger partial charge in [-0.05, 0) is 38.8 Å². The van der Waals surface area contributed by atoms with Crippen LogP contribution >= 0.6 is 24.0 Å². The Morgan fingerprint density at radius 2 is 1.97 bits per heavy atom. The van der Waals surface area contributed by atoms with E-state index in [1.165, 1.54) is 0 Å². The highest BCUT2D eigenvalue weighted by molar-refractivity contribution is 14.0. The molecule has 0 aliphatic heterocycles. The number of amides is 1. The fourth-order valence-electron chi connectivity index (χ4n) is 4.01. The summed E-state index contributed by atoms with van der Waals surface area (Å²) in [5.41, 5.74) is 0.517. The number of hydrogen-bond acceptors (Lipinski definition) is 3. The van der Waals surface area contributed by atoms with E-state index in [2.05, 4.69) is 23.6 Å². The second-order valence-electron chi connectivity index (χ2n) is 7.93. The molecule has 29 heavy (non-hydrogen) atoms. The lowest BCUT2D eigenvalue weighted by Gasteiger charge is -2.29. The summed E-state index contributed by atoms with van der Waals surface area (Å²) in [6, 6.07) is 10.0. The van der Waals surface area contributed by atoms with Crippen LogP contribution in [0.5, 0.6) is 0 Å². The SMILES string of the molecule is CCNC(=NCC1(C(=O)N(C)C)CCCC1)NC(C)c1cc2ccccc2o1.I. The van der Waals surface area contributed by atoms with E-state index in [9.17, 15) is 4.79 Å². The van der Waals surface area contributed by atoms with Crippen molar-refractivity contribution < 1.29 is 9.21 Å². The molecule has 1 unspecified atom stereocenters. The minimum atomic E-state index is -0.367. The Hall–Kier alpha value is -1.77. The van der Waals surface area contributed by atoms with Gasteiger partial charge in [-0.25, -0.2) is 0 Å². The number of guanidine groups is 1. The number of carbonyl (C=O) groups excluding carboxylic acids is 1. The molecule has 3 rings (SSSR count). The molecule has 0 saturated heterocycles. The smallest absolute Gasteiger partial charge is 0.230 e. The molecule has 1 heterocycles. The van der Waals surface area contributed by atoms with Gasteiger partial charge in [0.1, 0.15) is 11.3 Å². The van der Waals surface area contributed by atoms with Crippen molar-refractivity contribution in [3.63, 3.8) is 0 Å². The molecule has 2 aromatic rings. The van der Waals surface area contributed by atoms with Gasteiger partial charge in [-0.3, -0.25) is 9.79 Å². The second-order valence-corrected chi connectivity index (χ2v) is 7.93. The first-order chi connectivity index (χ1) is 13.4. The minimum Gasteiger partial charge on any atom is -0.459 e. The number of para-hydroxylation sites is 1. The molecular formula is C22H33IN4O2. The Bertz CT molecular complexity index is 807. The average Bonchev–Trinajstić information content (AvgIpc) is 3.33. The predicted molar refractivity (Wildman–Crippen MR) is 129 cm³/mol. The number of nitrogens with one attached hydrogen (secondary N) is 2. The van der Waals surface area contributed by atoms with E-state index in [-0.39, 0.29) is 41.3 Å². The van der Waals surface area contributed by atoms with Crippen molar-refractivity contribution in [2.45, 2.75) is 45.6 Å². The third-order valence-corrected chi connectivity index (χ3v) is 5.53. The third kappa shape index (κ3) is 5.43. The summed E-state index contributed by atoms with van der Waals surface area (Å²) in [5, 5.41) is 7.82. The van der Waals surface area contributed by atoms with Crippen molar-refractivity contribution in [1.82, 2.24) is 15.5 Å². The predicted octanol–water partition coefficient (Wildman–Crippen LogP) is 4.32. The standard InChI is InChI=1S/C22H32N4O2.HI/c1-5-23-21(24-15-22(12-8-9-13-22)20(27)26(3)4)25-16(2)19-14-17-10-6-7-11-18(17)28-19;/h6-7,10-11,14,16H,5,8-9,12-13,15H2,1-4H3,(H2,23,24,25);1H. The normalized spacial score (nSPS) is 16.9. The van der Waals surface area contributed by atoms with Crippen molar-refractivity contribution in [2.24, 2.45) is 10.4 Å². The summed E-state index contributed by atoms with van der Waals surface area (Å²) >= 11 is 0. The van der Waals surface area contributed by atoms with Crippen LogP contribution in [0, 0.1) is 5.41 Å². The maximum absolute atomic E-state index is 12.8. The van der Waals surface area contributed by atoms with E-state index in [0.717, 1.165) is 49.0 Å². The Morgan fingerprint density at radius 3 is 2.59 bits per heavy atom. The largest absolute Gasteiger partial charge is 0.459 e. The van der Waals surface area contributed by atoms with E-state index in [4.69, 9.17) is 9.41 Å². The maximum Gasteiger partial charge on any atom is 0.230 e. The van der Waals surface area contributed by atoms with Crippen molar-refractivity contribution in [3.8, 4) is 0 Å². The molecule has 7 heteroatoms. The molecule has 0 bridgehead atoms. The van der Waals surface area contributed by atoms with Crippen LogP contribution in [0.1, 0.15) is 51.3 Å². The van der Waals surface area contributed by atoms with Crippen LogP contribution in [0.25, 0.3) is 11.0 Å². The number of aliphatic imine (C=N–C) groups is 1. The van der Waals surface area contributed by atoms with E-state index in [1.54, 1.807) is 4.90 Å². The van der Waals surface area contributed by atoms with Crippen LogP contribution < -0.4 is 10.6 Å². The fourth-order valence-corrected chi connectivity index (χ4v) is 4.01. The molecule has 1 atom stereocenters. The Kier molecular flexibility index (Phi) is 8.36. The first kappa shape index (κ1) is 23.5. The lowest BCUT2D eigenvalue weighted by molar-refractivity contribution is -0.138. The number of nitrogens with zero attached hydrogens (tertiary/aromatic N) is 2. The molecule has 160 valence electrons. The van der Waals surface area contributed by atoms with Gasteiger partial charge in [0.2, 0.25) is 5.91 Å². The molecule has 0 radical (unpaired) electrons. The van der Waals surface area contributed by atoms with Gasteiger partial charge in [0.15, 0.2) is 5.96 Å². The summed E-state index contributed by atoms with van der Waals surface area (Å²) in [6.45, 7) is 5.36. The van der Waals surface area contributed by atoms with E-state index >= 15 is 0 Å². The molecule has 1 saturated carbocycles. The molecule has 1 aromatic heterocycles. The molecule has 1 amide bonds. The second kappa shape index (κ2) is 10.3. The van der Waals surface area contributed by atoms with E-state index in [1.807, 2.05) is 45.3 Å². The van der Waals surface area contributed by atoms with Crippen LogP contribution in [0.3, 0.4) is 0 Å². The van der Waals surface area contributed by atoms with Crippen LogP contribution in [0.4, 0.5) is 0 Å². The molecule has 6 nitrogen and oxygen atoms in total. The lowest BCUT2D eigenvalue weighted by Crippen LogP contribution is -2.43. The van der Waals surface area contributed by atoms with Gasteiger partial charge in [-0.2, -0.15) is 0 Å². The first-order valence-electron chi connectivity index (χ1n) is 10.2. The van der Waals surface area contributed by atoms with Gasteiger partial charge in [0.05, 0.1) is 18.0 Å². The van der Waals surface area contributed by atoms with Gasteiger partial charge < -0.3 is 20.0 Å². The summed E-state index contributed by atoms with van der Waals surface area (Å²) in [5.74, 6) is 1.77. The highest BCUT2D eigenvalue weighted by atomic mass is 127. The lowest BCUT2D eigenvalue weighted by atomic mass is 9.85. The molecule has 1 aliphatic rings. The molecular weight excluding hydrogens is 479 g/mol. The topological polar surface area (TPSA) is 69.9 Å². The number of halogens is 1. The zero-order valence-corrected chi connectivity index (χ0v) is 20.2. The highest BCUT2D eigenvalue weighted by Gasteiger charge is 2.42. The number of carbonyl (C=O) groups is 1. The summed E-state index contributed by atoms with van der Waals surface area (Å²) < 4.78 is 5.97. The number of benzene rings is 1. The number of hydrogen-bond donors (Lipinski definition) is 2. The van der Waals surface area contributed by atoms with Crippen molar-refractivity contribution >= 4 is 46.8 Å². The molecule has 0 spiro atoms. The van der Waals surface area contributed by atoms with Gasteiger partial charge >= 0.3 is 0 Å². The van der Waals surface area contributed by atoms with Gasteiger partial charge in [-0.1, -0.05) is 31.0 Å². The van der Waals surface area contributed by atoms with Crippen LogP contribution in [-0.2, 0) is 4.79 Å². The van der Waals surface area contributed by atoms with Gasteiger partial charge in [0.25, 0.3) is 0 Å². The monoisotopic (exact) mass is 512 g/mol. The Balaban J connectivity index is 0.00000300. The zero-order valence-electron chi connectivity index (χ0n) is 17.8. The highest BCUT2D eigenvalue weighted by Crippen LogP contribution is 2.39. The van der Waals surface area contributed by atoms with Gasteiger partial charge in [-0.15, -0.1) is 24.0 Å².